The van der Waals surface area contributed by atoms with Crippen molar-refractivity contribution in [3.05, 3.63) is 24.2 Å². The van der Waals surface area contributed by atoms with Gasteiger partial charge in [0.15, 0.2) is 0 Å². The lowest BCUT2D eigenvalue weighted by molar-refractivity contribution is -0.124. The molecule has 2 heterocycles. The molecule has 0 spiro atoms. The number of furan rings is 1. The minimum Gasteiger partial charge on any atom is -0.467 e. The van der Waals surface area contributed by atoms with Crippen molar-refractivity contribution in [1.82, 2.24) is 10.6 Å². The van der Waals surface area contributed by atoms with E-state index < -0.39 is 0 Å². The van der Waals surface area contributed by atoms with E-state index in [4.69, 9.17) is 9.15 Å². The van der Waals surface area contributed by atoms with Gasteiger partial charge in [-0.1, -0.05) is 0 Å². The van der Waals surface area contributed by atoms with Crippen molar-refractivity contribution in [3.8, 4) is 0 Å². The summed E-state index contributed by atoms with van der Waals surface area (Å²) in [5.74, 6) is 1.14. The number of amides is 1. The van der Waals surface area contributed by atoms with Crippen LogP contribution in [0.25, 0.3) is 0 Å². The van der Waals surface area contributed by atoms with Crippen molar-refractivity contribution in [3.63, 3.8) is 0 Å². The summed E-state index contributed by atoms with van der Waals surface area (Å²) >= 11 is 0. The lowest BCUT2D eigenvalue weighted by Gasteiger charge is -2.09. The molecule has 1 aliphatic rings. The Morgan fingerprint density at radius 2 is 2.56 bits per heavy atom. The van der Waals surface area contributed by atoms with E-state index in [9.17, 15) is 4.79 Å². The molecule has 0 saturated carbocycles. The molecule has 5 nitrogen and oxygen atoms in total. The Balaban J connectivity index is 1.47. The lowest BCUT2D eigenvalue weighted by Crippen LogP contribution is -2.32. The third-order valence-corrected chi connectivity index (χ3v) is 3.02. The van der Waals surface area contributed by atoms with E-state index in [0.29, 0.717) is 19.8 Å². The Bertz CT molecular complexity index is 345. The van der Waals surface area contributed by atoms with Crippen molar-refractivity contribution in [1.29, 1.82) is 0 Å². The van der Waals surface area contributed by atoms with Crippen LogP contribution in [0.1, 0.15) is 18.6 Å². The maximum atomic E-state index is 11.7. The summed E-state index contributed by atoms with van der Waals surface area (Å²) in [6.45, 7) is 3.55. The number of hydrogen-bond acceptors (Lipinski definition) is 4. The molecule has 0 bridgehead atoms. The summed E-state index contributed by atoms with van der Waals surface area (Å²) in [5, 5.41) is 6.12. The first-order chi connectivity index (χ1) is 8.86. The monoisotopic (exact) mass is 252 g/mol. The van der Waals surface area contributed by atoms with E-state index in [0.717, 1.165) is 31.7 Å². The summed E-state index contributed by atoms with van der Waals surface area (Å²) in [7, 11) is 0. The van der Waals surface area contributed by atoms with Crippen LogP contribution in [0.4, 0.5) is 0 Å². The van der Waals surface area contributed by atoms with E-state index in [1.54, 1.807) is 6.26 Å². The highest BCUT2D eigenvalue weighted by molar-refractivity contribution is 5.79. The van der Waals surface area contributed by atoms with Crippen LogP contribution in [0.15, 0.2) is 22.8 Å². The number of carbonyl (C=O) groups is 1. The normalized spacial score (nSPS) is 19.0. The van der Waals surface area contributed by atoms with E-state index in [-0.39, 0.29) is 11.8 Å². The average Bonchev–Trinajstić information content (AvgIpc) is 3.05. The van der Waals surface area contributed by atoms with Crippen molar-refractivity contribution in [2.45, 2.75) is 19.4 Å². The first-order valence-electron chi connectivity index (χ1n) is 6.45. The van der Waals surface area contributed by atoms with Gasteiger partial charge in [-0.25, -0.2) is 0 Å². The van der Waals surface area contributed by atoms with Gasteiger partial charge in [-0.2, -0.15) is 0 Å². The fourth-order valence-corrected chi connectivity index (χ4v) is 1.98. The number of ether oxygens (including phenoxy) is 1. The van der Waals surface area contributed by atoms with Gasteiger partial charge < -0.3 is 19.8 Å². The quantitative estimate of drug-likeness (QED) is 0.708. The summed E-state index contributed by atoms with van der Waals surface area (Å²) in [6.07, 6.45) is 3.40. The first kappa shape index (κ1) is 13.1. The molecule has 5 heteroatoms. The minimum atomic E-state index is 0.147. The number of hydrogen-bond donors (Lipinski definition) is 2. The van der Waals surface area contributed by atoms with E-state index in [1.807, 2.05) is 12.1 Å². The molecule has 2 rings (SSSR count). The predicted molar refractivity (Wildman–Crippen MR) is 67.0 cm³/mol. The van der Waals surface area contributed by atoms with Gasteiger partial charge in [0.1, 0.15) is 12.4 Å². The fourth-order valence-electron chi connectivity index (χ4n) is 1.98. The summed E-state index contributed by atoms with van der Waals surface area (Å²) in [4.78, 5) is 11.7. The van der Waals surface area contributed by atoms with Gasteiger partial charge in [-0.3, -0.25) is 4.79 Å². The molecular weight excluding hydrogens is 232 g/mol. The minimum absolute atomic E-state index is 0.147. The molecule has 1 saturated heterocycles. The zero-order valence-corrected chi connectivity index (χ0v) is 10.5. The molecule has 1 unspecified atom stereocenters. The second-order valence-electron chi connectivity index (χ2n) is 4.47. The summed E-state index contributed by atoms with van der Waals surface area (Å²) in [6, 6.07) is 3.73. The van der Waals surface area contributed by atoms with Crippen molar-refractivity contribution < 1.29 is 13.9 Å². The summed E-state index contributed by atoms with van der Waals surface area (Å²) in [5.41, 5.74) is 0. The highest BCUT2D eigenvalue weighted by Gasteiger charge is 2.21. The molecule has 0 aromatic carbocycles. The van der Waals surface area contributed by atoms with Crippen molar-refractivity contribution >= 4 is 5.91 Å². The van der Waals surface area contributed by atoms with Crippen LogP contribution >= 0.6 is 0 Å². The van der Waals surface area contributed by atoms with Crippen LogP contribution in [0.3, 0.4) is 0 Å². The molecule has 1 amide bonds. The molecule has 1 aliphatic heterocycles. The summed E-state index contributed by atoms with van der Waals surface area (Å²) < 4.78 is 10.6. The molecular formula is C13H20N2O3. The largest absolute Gasteiger partial charge is 0.467 e. The Kier molecular flexibility index (Phi) is 5.23. The van der Waals surface area contributed by atoms with Crippen molar-refractivity contribution in [2.24, 2.45) is 5.92 Å². The Morgan fingerprint density at radius 1 is 1.61 bits per heavy atom. The van der Waals surface area contributed by atoms with E-state index in [1.165, 1.54) is 0 Å². The molecule has 1 aromatic rings. The third kappa shape index (κ3) is 4.16. The molecule has 1 fully saturated rings. The zero-order valence-electron chi connectivity index (χ0n) is 10.5. The van der Waals surface area contributed by atoms with Gasteiger partial charge in [0.25, 0.3) is 0 Å². The van der Waals surface area contributed by atoms with Crippen LogP contribution in [-0.4, -0.2) is 32.1 Å². The molecule has 0 radical (unpaired) electrons. The molecule has 0 aliphatic carbocycles. The van der Waals surface area contributed by atoms with Crippen LogP contribution in [-0.2, 0) is 16.1 Å². The standard InChI is InChI=1S/C13H20N2O3/c16-13(11-4-6-14-9-11)15-5-2-7-17-10-12-3-1-8-18-12/h1,3,8,11,14H,2,4-7,9-10H2,(H,15,16). The fraction of sp³-hybridized carbons (Fsp3) is 0.615. The van der Waals surface area contributed by atoms with Gasteiger partial charge in [0.2, 0.25) is 5.91 Å². The smallest absolute Gasteiger partial charge is 0.224 e. The van der Waals surface area contributed by atoms with Crippen LogP contribution in [0, 0.1) is 5.92 Å². The number of nitrogens with one attached hydrogen (secondary N) is 2. The lowest BCUT2D eigenvalue weighted by atomic mass is 10.1. The molecule has 2 N–H and O–H groups in total. The zero-order chi connectivity index (χ0) is 12.6. The van der Waals surface area contributed by atoms with Crippen LogP contribution in [0.5, 0.6) is 0 Å². The van der Waals surface area contributed by atoms with Gasteiger partial charge in [0.05, 0.1) is 12.2 Å². The van der Waals surface area contributed by atoms with Crippen LogP contribution < -0.4 is 10.6 Å². The Labute approximate surface area is 107 Å². The van der Waals surface area contributed by atoms with Gasteiger partial charge in [0, 0.05) is 19.7 Å². The maximum Gasteiger partial charge on any atom is 0.224 e. The molecule has 1 atom stereocenters. The molecule has 100 valence electrons. The topological polar surface area (TPSA) is 63.5 Å². The Morgan fingerprint density at radius 3 is 3.28 bits per heavy atom. The SMILES string of the molecule is O=C(NCCCOCc1ccco1)C1CCNC1. The second kappa shape index (κ2) is 7.18. The van der Waals surface area contributed by atoms with Crippen LogP contribution in [0.2, 0.25) is 0 Å². The molecule has 18 heavy (non-hydrogen) atoms. The molecule has 1 aromatic heterocycles. The Hall–Kier alpha value is -1.33. The van der Waals surface area contributed by atoms with E-state index in [2.05, 4.69) is 10.6 Å². The number of rotatable bonds is 7. The predicted octanol–water partition coefficient (Wildman–Crippen LogP) is 0.912. The highest BCUT2D eigenvalue weighted by Crippen LogP contribution is 2.06. The second-order valence-corrected chi connectivity index (χ2v) is 4.47. The first-order valence-corrected chi connectivity index (χ1v) is 6.45. The number of carbonyl (C=O) groups excluding carboxylic acids is 1. The highest BCUT2D eigenvalue weighted by atomic mass is 16.5. The third-order valence-electron chi connectivity index (χ3n) is 3.02. The van der Waals surface area contributed by atoms with Crippen molar-refractivity contribution in [2.75, 3.05) is 26.2 Å². The van der Waals surface area contributed by atoms with E-state index >= 15 is 0 Å². The maximum absolute atomic E-state index is 11.7. The average molecular weight is 252 g/mol. The van der Waals surface area contributed by atoms with Gasteiger partial charge in [-0.05, 0) is 31.5 Å². The van der Waals surface area contributed by atoms with Gasteiger partial charge >= 0.3 is 0 Å². The van der Waals surface area contributed by atoms with Gasteiger partial charge in [-0.15, -0.1) is 0 Å².